The largest absolute Gasteiger partial charge is 0.480 e. The number of hydrogen-bond donors (Lipinski definition) is 2. The molecule has 2 N–H and O–H groups in total. The third kappa shape index (κ3) is 2.54. The molecule has 0 fully saturated rings. The Bertz CT molecular complexity index is 598. The summed E-state index contributed by atoms with van der Waals surface area (Å²) in [5.74, 6) is 0.630. The quantitative estimate of drug-likeness (QED) is 0.895. The zero-order valence-corrected chi connectivity index (χ0v) is 11.6. The van der Waals surface area contributed by atoms with Gasteiger partial charge in [0.2, 0.25) is 5.88 Å². The molecule has 3 rings (SSSR count). The highest BCUT2D eigenvalue weighted by molar-refractivity contribution is 5.61. The fraction of sp³-hybridized carbons (Fsp3) is 0.312. The van der Waals surface area contributed by atoms with Crippen LogP contribution < -0.4 is 15.4 Å². The minimum Gasteiger partial charge on any atom is -0.480 e. The van der Waals surface area contributed by atoms with E-state index in [0.717, 1.165) is 25.2 Å². The van der Waals surface area contributed by atoms with Gasteiger partial charge in [0.15, 0.2) is 0 Å². The smallest absolute Gasteiger partial charge is 0.237 e. The number of para-hydroxylation sites is 1. The Morgan fingerprint density at radius 2 is 2.25 bits per heavy atom. The van der Waals surface area contributed by atoms with Gasteiger partial charge in [0, 0.05) is 25.0 Å². The van der Waals surface area contributed by atoms with Crippen molar-refractivity contribution in [2.45, 2.75) is 19.4 Å². The number of ether oxygens (including phenoxy) is 1. The van der Waals surface area contributed by atoms with Crippen LogP contribution in [0.2, 0.25) is 0 Å². The van der Waals surface area contributed by atoms with Gasteiger partial charge in [-0.25, -0.2) is 4.98 Å². The molecule has 1 aliphatic heterocycles. The van der Waals surface area contributed by atoms with E-state index >= 15 is 0 Å². The normalized spacial score (nSPS) is 13.2. The molecule has 4 heteroatoms. The molecule has 0 spiro atoms. The van der Waals surface area contributed by atoms with Crippen molar-refractivity contribution < 1.29 is 4.74 Å². The molecule has 2 aromatic rings. The van der Waals surface area contributed by atoms with Gasteiger partial charge in [-0.1, -0.05) is 18.2 Å². The number of pyridine rings is 1. The van der Waals surface area contributed by atoms with E-state index in [4.69, 9.17) is 4.74 Å². The van der Waals surface area contributed by atoms with Crippen LogP contribution in [0.3, 0.4) is 0 Å². The molecule has 2 heterocycles. The van der Waals surface area contributed by atoms with Crippen LogP contribution in [-0.2, 0) is 13.0 Å². The minimum absolute atomic E-state index is 0.630. The molecule has 0 atom stereocenters. The van der Waals surface area contributed by atoms with Crippen LogP contribution in [-0.4, -0.2) is 18.6 Å². The fourth-order valence-corrected chi connectivity index (χ4v) is 2.61. The van der Waals surface area contributed by atoms with Crippen LogP contribution in [0.1, 0.15) is 17.5 Å². The third-order valence-electron chi connectivity index (χ3n) is 3.60. The van der Waals surface area contributed by atoms with E-state index < -0.39 is 0 Å². The maximum atomic E-state index is 5.26. The predicted octanol–water partition coefficient (Wildman–Crippen LogP) is 3.06. The van der Waals surface area contributed by atoms with Gasteiger partial charge >= 0.3 is 0 Å². The Labute approximate surface area is 119 Å². The highest BCUT2D eigenvalue weighted by atomic mass is 16.5. The van der Waals surface area contributed by atoms with E-state index in [9.17, 15) is 0 Å². The van der Waals surface area contributed by atoms with Crippen LogP contribution in [0.25, 0.3) is 0 Å². The van der Waals surface area contributed by atoms with Crippen LogP contribution in [0, 0.1) is 0 Å². The molecule has 0 unspecified atom stereocenters. The van der Waals surface area contributed by atoms with Crippen molar-refractivity contribution in [2.24, 2.45) is 0 Å². The lowest BCUT2D eigenvalue weighted by molar-refractivity contribution is 0.399. The van der Waals surface area contributed by atoms with Crippen molar-refractivity contribution in [3.05, 3.63) is 47.7 Å². The lowest BCUT2D eigenvalue weighted by Crippen LogP contribution is -2.15. The second kappa shape index (κ2) is 5.82. The highest BCUT2D eigenvalue weighted by Crippen LogP contribution is 2.27. The Balaban J connectivity index is 1.79. The summed E-state index contributed by atoms with van der Waals surface area (Å²) in [5, 5.41) is 6.91. The summed E-state index contributed by atoms with van der Waals surface area (Å²) >= 11 is 0. The van der Waals surface area contributed by atoms with Crippen molar-refractivity contribution in [3.63, 3.8) is 0 Å². The van der Waals surface area contributed by atoms with Gasteiger partial charge in [0.05, 0.1) is 12.8 Å². The van der Waals surface area contributed by atoms with Gasteiger partial charge in [-0.05, 0) is 36.1 Å². The van der Waals surface area contributed by atoms with Gasteiger partial charge in [-0.2, -0.15) is 0 Å². The van der Waals surface area contributed by atoms with Crippen LogP contribution in [0.15, 0.2) is 36.5 Å². The summed E-state index contributed by atoms with van der Waals surface area (Å²) < 4.78 is 5.26. The first-order valence-electron chi connectivity index (χ1n) is 6.96. The molecule has 0 bridgehead atoms. The standard InChI is InChI=1S/C16H19N3O/c1-20-16-14(8-4-10-18-16)19-11-13-6-2-5-12-7-3-9-17-15(12)13/h2,4-6,8,10,17,19H,3,7,9,11H2,1H3. The molecular formula is C16H19N3O. The highest BCUT2D eigenvalue weighted by Gasteiger charge is 2.12. The number of nitrogens with one attached hydrogen (secondary N) is 2. The summed E-state index contributed by atoms with van der Waals surface area (Å²) in [5.41, 5.74) is 4.90. The van der Waals surface area contributed by atoms with Crippen LogP contribution in [0.4, 0.5) is 11.4 Å². The Hall–Kier alpha value is -2.23. The minimum atomic E-state index is 0.630. The average Bonchev–Trinajstić information content (AvgIpc) is 2.53. The van der Waals surface area contributed by atoms with Gasteiger partial charge in [-0.3, -0.25) is 0 Å². The molecule has 0 radical (unpaired) electrons. The van der Waals surface area contributed by atoms with Gasteiger partial charge in [0.1, 0.15) is 0 Å². The van der Waals surface area contributed by atoms with Crippen molar-refractivity contribution in [2.75, 3.05) is 24.3 Å². The SMILES string of the molecule is COc1ncccc1NCc1cccc2c1NCCC2. The second-order valence-electron chi connectivity index (χ2n) is 4.90. The summed E-state index contributed by atoms with van der Waals surface area (Å²) in [6.07, 6.45) is 4.10. The zero-order valence-electron chi connectivity index (χ0n) is 11.6. The molecule has 0 amide bonds. The number of aromatic nitrogens is 1. The van der Waals surface area contributed by atoms with E-state index in [1.165, 1.54) is 23.2 Å². The molecule has 104 valence electrons. The molecule has 1 aliphatic rings. The molecule has 4 nitrogen and oxygen atoms in total. The molecule has 1 aromatic heterocycles. The Kier molecular flexibility index (Phi) is 3.72. The molecular weight excluding hydrogens is 250 g/mol. The molecule has 0 saturated heterocycles. The maximum Gasteiger partial charge on any atom is 0.237 e. The number of nitrogens with zero attached hydrogens (tertiary/aromatic N) is 1. The topological polar surface area (TPSA) is 46.2 Å². The first-order chi connectivity index (χ1) is 9.88. The molecule has 20 heavy (non-hydrogen) atoms. The van der Waals surface area contributed by atoms with E-state index in [2.05, 4.69) is 33.8 Å². The summed E-state index contributed by atoms with van der Waals surface area (Å²) in [6, 6.07) is 10.4. The monoisotopic (exact) mass is 269 g/mol. The molecule has 0 aliphatic carbocycles. The van der Waals surface area contributed by atoms with E-state index in [-0.39, 0.29) is 0 Å². The number of methoxy groups -OCH3 is 1. The number of anilines is 2. The zero-order chi connectivity index (χ0) is 13.8. The van der Waals surface area contributed by atoms with Crippen molar-refractivity contribution in [3.8, 4) is 5.88 Å². The van der Waals surface area contributed by atoms with Crippen LogP contribution in [0.5, 0.6) is 5.88 Å². The summed E-state index contributed by atoms with van der Waals surface area (Å²) in [6.45, 7) is 1.82. The van der Waals surface area contributed by atoms with E-state index in [0.29, 0.717) is 5.88 Å². The lowest BCUT2D eigenvalue weighted by atomic mass is 9.99. The second-order valence-corrected chi connectivity index (χ2v) is 4.90. The van der Waals surface area contributed by atoms with Crippen molar-refractivity contribution in [1.29, 1.82) is 0 Å². The number of hydrogen-bond acceptors (Lipinski definition) is 4. The first-order valence-corrected chi connectivity index (χ1v) is 6.96. The fourth-order valence-electron chi connectivity index (χ4n) is 2.61. The van der Waals surface area contributed by atoms with Crippen molar-refractivity contribution in [1.82, 2.24) is 4.98 Å². The third-order valence-corrected chi connectivity index (χ3v) is 3.60. The average molecular weight is 269 g/mol. The summed E-state index contributed by atoms with van der Waals surface area (Å²) in [7, 11) is 1.64. The van der Waals surface area contributed by atoms with Gasteiger partial charge < -0.3 is 15.4 Å². The van der Waals surface area contributed by atoms with Gasteiger partial charge in [-0.15, -0.1) is 0 Å². The molecule has 0 saturated carbocycles. The molecule has 1 aromatic carbocycles. The van der Waals surface area contributed by atoms with E-state index in [1.807, 2.05) is 12.1 Å². The lowest BCUT2D eigenvalue weighted by Gasteiger charge is -2.21. The number of fused-ring (bicyclic) bond motifs is 1. The van der Waals surface area contributed by atoms with Crippen LogP contribution >= 0.6 is 0 Å². The number of aryl methyl sites for hydroxylation is 1. The maximum absolute atomic E-state index is 5.26. The van der Waals surface area contributed by atoms with Gasteiger partial charge in [0.25, 0.3) is 0 Å². The Morgan fingerprint density at radius 3 is 3.15 bits per heavy atom. The number of benzene rings is 1. The summed E-state index contributed by atoms with van der Waals surface area (Å²) in [4.78, 5) is 4.20. The Morgan fingerprint density at radius 1 is 1.30 bits per heavy atom. The predicted molar refractivity (Wildman–Crippen MR) is 81.4 cm³/mol. The number of rotatable bonds is 4. The van der Waals surface area contributed by atoms with Crippen molar-refractivity contribution >= 4 is 11.4 Å². The first kappa shape index (κ1) is 12.8. The van der Waals surface area contributed by atoms with E-state index in [1.54, 1.807) is 13.3 Å².